The quantitative estimate of drug-likeness (QED) is 0.701. The van der Waals surface area contributed by atoms with Crippen LogP contribution in [0.4, 0.5) is 0 Å². The van der Waals surface area contributed by atoms with Gasteiger partial charge in [0.2, 0.25) is 0 Å². The molecule has 0 aliphatic carbocycles. The molecular weight excluding hydrogens is 211 g/mol. The lowest BCUT2D eigenvalue weighted by atomic mass is 9.48. The highest BCUT2D eigenvalue weighted by Gasteiger charge is 2.47. The molecule has 2 unspecified atom stereocenters. The van der Waals surface area contributed by atoms with Crippen LogP contribution < -0.4 is 0 Å². The van der Waals surface area contributed by atoms with Gasteiger partial charge in [-0.2, -0.15) is 0 Å². The van der Waals surface area contributed by atoms with Gasteiger partial charge in [-0.3, -0.25) is 0 Å². The fourth-order valence-electron chi connectivity index (χ4n) is 2.49. The Kier molecular flexibility index (Phi) is 5.31. The molecule has 2 atom stereocenters. The van der Waals surface area contributed by atoms with E-state index in [2.05, 4.69) is 13.8 Å². The highest BCUT2D eigenvalue weighted by Crippen LogP contribution is 2.52. The number of hydrogen-bond acceptors (Lipinski definition) is 2. The SMILES string of the molecule is [B]C(C)(CC(C)C)C(C)(C)C(O)C(C)(C)CO. The van der Waals surface area contributed by atoms with Gasteiger partial charge >= 0.3 is 0 Å². The highest BCUT2D eigenvalue weighted by atomic mass is 16.3. The van der Waals surface area contributed by atoms with Gasteiger partial charge in [0.15, 0.2) is 0 Å². The summed E-state index contributed by atoms with van der Waals surface area (Å²) < 4.78 is 0. The molecule has 0 saturated heterocycles. The second kappa shape index (κ2) is 5.32. The maximum absolute atomic E-state index is 10.5. The van der Waals surface area contributed by atoms with E-state index in [0.29, 0.717) is 5.92 Å². The van der Waals surface area contributed by atoms with Crippen molar-refractivity contribution in [3.8, 4) is 0 Å². The van der Waals surface area contributed by atoms with E-state index >= 15 is 0 Å². The van der Waals surface area contributed by atoms with Crippen LogP contribution in [0.5, 0.6) is 0 Å². The molecule has 0 spiro atoms. The molecule has 0 aromatic rings. The molecule has 0 aromatic heterocycles. The fourth-order valence-corrected chi connectivity index (χ4v) is 2.49. The van der Waals surface area contributed by atoms with Crippen LogP contribution in [0.2, 0.25) is 5.31 Å². The molecule has 0 heterocycles. The minimum atomic E-state index is -0.645. The Hall–Kier alpha value is -0.0151. The maximum atomic E-state index is 10.5. The van der Waals surface area contributed by atoms with Crippen LogP contribution in [0.3, 0.4) is 0 Å². The van der Waals surface area contributed by atoms with Crippen molar-refractivity contribution in [2.45, 2.75) is 66.3 Å². The largest absolute Gasteiger partial charge is 0.396 e. The number of hydrogen-bond donors (Lipinski definition) is 2. The van der Waals surface area contributed by atoms with Gasteiger partial charge < -0.3 is 10.2 Å². The monoisotopic (exact) mass is 240 g/mol. The van der Waals surface area contributed by atoms with Gasteiger partial charge in [-0.25, -0.2) is 0 Å². The molecule has 0 fully saturated rings. The molecule has 0 aromatic carbocycles. The minimum absolute atomic E-state index is 0.0463. The van der Waals surface area contributed by atoms with Crippen LogP contribution in [0.25, 0.3) is 0 Å². The molecule has 0 rings (SSSR count). The average Bonchev–Trinajstić information content (AvgIpc) is 2.14. The van der Waals surface area contributed by atoms with Crippen molar-refractivity contribution in [1.82, 2.24) is 0 Å². The molecule has 0 aliphatic heterocycles. The van der Waals surface area contributed by atoms with E-state index in [1.54, 1.807) is 0 Å². The second-order valence-electron chi connectivity index (χ2n) is 7.29. The second-order valence-corrected chi connectivity index (χ2v) is 7.29. The van der Waals surface area contributed by atoms with Crippen LogP contribution in [-0.2, 0) is 0 Å². The van der Waals surface area contributed by atoms with E-state index in [9.17, 15) is 10.2 Å². The van der Waals surface area contributed by atoms with Crippen LogP contribution in [0.1, 0.15) is 54.9 Å². The molecule has 2 nitrogen and oxygen atoms in total. The van der Waals surface area contributed by atoms with Gasteiger partial charge in [-0.05, 0) is 11.3 Å². The standard InChI is InChI=1S/C14H29BO2/c1-10(2)8-14(7,15)13(5,6)11(17)12(3,4)9-16/h10-11,16-17H,8-9H2,1-7H3. The van der Waals surface area contributed by atoms with Gasteiger partial charge in [-0.15, -0.1) is 0 Å². The van der Waals surface area contributed by atoms with E-state index < -0.39 is 22.2 Å². The lowest BCUT2D eigenvalue weighted by Gasteiger charge is -2.51. The number of rotatable bonds is 6. The third-order valence-corrected chi connectivity index (χ3v) is 4.14. The van der Waals surface area contributed by atoms with Gasteiger partial charge in [0.25, 0.3) is 0 Å². The van der Waals surface area contributed by atoms with Crippen LogP contribution in [-0.4, -0.2) is 30.8 Å². The van der Waals surface area contributed by atoms with Crippen molar-refractivity contribution < 1.29 is 10.2 Å². The fraction of sp³-hybridized carbons (Fsp3) is 1.00. The summed E-state index contributed by atoms with van der Waals surface area (Å²) in [5, 5.41) is 19.4. The molecule has 2 N–H and O–H groups in total. The Morgan fingerprint density at radius 2 is 1.47 bits per heavy atom. The van der Waals surface area contributed by atoms with E-state index in [1.165, 1.54) is 0 Å². The number of aliphatic hydroxyl groups excluding tert-OH is 2. The molecule has 100 valence electrons. The number of aliphatic hydroxyl groups is 2. The molecule has 0 bridgehead atoms. The van der Waals surface area contributed by atoms with E-state index in [1.807, 2.05) is 34.6 Å². The van der Waals surface area contributed by atoms with Crippen molar-refractivity contribution in [2.75, 3.05) is 6.61 Å². The van der Waals surface area contributed by atoms with E-state index in [0.717, 1.165) is 6.42 Å². The first-order chi connectivity index (χ1) is 7.38. The average molecular weight is 240 g/mol. The first-order valence-electron chi connectivity index (χ1n) is 6.46. The Bertz CT molecular complexity index is 245. The Morgan fingerprint density at radius 3 is 1.76 bits per heavy atom. The van der Waals surface area contributed by atoms with Crippen molar-refractivity contribution >= 4 is 7.85 Å². The smallest absolute Gasteiger partial charge is 0.0751 e. The van der Waals surface area contributed by atoms with Gasteiger partial charge in [0.1, 0.15) is 0 Å². The molecule has 2 radical (unpaired) electrons. The van der Waals surface area contributed by atoms with Crippen LogP contribution >= 0.6 is 0 Å². The lowest BCUT2D eigenvalue weighted by molar-refractivity contribution is -0.0833. The molecule has 0 aliphatic rings. The third kappa shape index (κ3) is 3.72. The zero-order valence-corrected chi connectivity index (χ0v) is 12.5. The molecule has 0 saturated carbocycles. The highest BCUT2D eigenvalue weighted by molar-refractivity contribution is 6.15. The summed E-state index contributed by atoms with van der Waals surface area (Å²) in [5.74, 6) is 0.480. The van der Waals surface area contributed by atoms with Crippen molar-refractivity contribution in [1.29, 1.82) is 0 Å². The summed E-state index contributed by atoms with van der Waals surface area (Å²) in [6, 6.07) is 0. The Morgan fingerprint density at radius 1 is 1.06 bits per heavy atom. The van der Waals surface area contributed by atoms with Crippen LogP contribution in [0.15, 0.2) is 0 Å². The van der Waals surface area contributed by atoms with E-state index in [4.69, 9.17) is 7.85 Å². The van der Waals surface area contributed by atoms with E-state index in [-0.39, 0.29) is 6.61 Å². The molecule has 17 heavy (non-hydrogen) atoms. The zero-order valence-electron chi connectivity index (χ0n) is 12.5. The van der Waals surface area contributed by atoms with Gasteiger partial charge in [-0.1, -0.05) is 60.2 Å². The maximum Gasteiger partial charge on any atom is 0.0751 e. The summed E-state index contributed by atoms with van der Waals surface area (Å²) >= 11 is 0. The lowest BCUT2D eigenvalue weighted by Crippen LogP contribution is -2.49. The zero-order chi connectivity index (χ0) is 14.1. The Balaban J connectivity index is 5.11. The minimum Gasteiger partial charge on any atom is -0.396 e. The van der Waals surface area contributed by atoms with Crippen molar-refractivity contribution in [3.63, 3.8) is 0 Å². The predicted molar refractivity (Wildman–Crippen MR) is 74.2 cm³/mol. The summed E-state index contributed by atoms with van der Waals surface area (Å²) in [6.45, 7) is 13.9. The predicted octanol–water partition coefficient (Wildman–Crippen LogP) is 2.79. The summed E-state index contributed by atoms with van der Waals surface area (Å²) in [7, 11) is 6.41. The topological polar surface area (TPSA) is 40.5 Å². The summed E-state index contributed by atoms with van der Waals surface area (Å²) in [4.78, 5) is 0. The summed E-state index contributed by atoms with van der Waals surface area (Å²) in [5.41, 5.74) is -0.995. The normalized spacial score (nSPS) is 19.2. The molecule has 0 amide bonds. The molecule has 3 heteroatoms. The summed E-state index contributed by atoms with van der Waals surface area (Å²) in [6.07, 6.45) is 0.201. The van der Waals surface area contributed by atoms with Gasteiger partial charge in [0.05, 0.1) is 20.6 Å². The Labute approximate surface area is 108 Å². The van der Waals surface area contributed by atoms with Gasteiger partial charge in [0, 0.05) is 5.41 Å². The first-order valence-corrected chi connectivity index (χ1v) is 6.46. The van der Waals surface area contributed by atoms with Crippen molar-refractivity contribution in [2.24, 2.45) is 16.7 Å². The van der Waals surface area contributed by atoms with Crippen molar-refractivity contribution in [3.05, 3.63) is 0 Å². The third-order valence-electron chi connectivity index (χ3n) is 4.14. The molecular formula is C14H29BO2. The van der Waals surface area contributed by atoms with Crippen LogP contribution in [0, 0.1) is 16.7 Å². The first kappa shape index (κ1) is 17.0.